The minimum atomic E-state index is -4.42. The van der Waals surface area contributed by atoms with E-state index < -0.39 is 11.7 Å². The SMILES string of the molecule is COC(=O)N1CCN([C@@H]2Cc3ccc(NC(=O)c4cccc(C)c4-c4ccc(C(F)(F)F)cc4)cc3C2)CC1.[HH]. The Morgan fingerprint density at radius 3 is 2.31 bits per heavy atom. The van der Waals surface area contributed by atoms with Gasteiger partial charge in [0.15, 0.2) is 0 Å². The number of anilines is 1. The van der Waals surface area contributed by atoms with Crippen molar-refractivity contribution in [1.29, 1.82) is 0 Å². The Kier molecular flexibility index (Phi) is 7.36. The van der Waals surface area contributed by atoms with Crippen molar-refractivity contribution in [3.05, 3.63) is 88.5 Å². The fraction of sp³-hybridized carbons (Fsp3) is 0.333. The minimum Gasteiger partial charge on any atom is -0.453 e. The molecule has 1 saturated heterocycles. The summed E-state index contributed by atoms with van der Waals surface area (Å²) in [6.45, 7) is 4.69. The fourth-order valence-corrected chi connectivity index (χ4v) is 5.59. The summed E-state index contributed by atoms with van der Waals surface area (Å²) in [6, 6.07) is 16.5. The Morgan fingerprint density at radius 1 is 0.949 bits per heavy atom. The molecular weight excluding hydrogens is 507 g/mol. The Morgan fingerprint density at radius 2 is 1.64 bits per heavy atom. The van der Waals surface area contributed by atoms with Crippen molar-refractivity contribution in [3.63, 3.8) is 0 Å². The maximum absolute atomic E-state index is 13.4. The van der Waals surface area contributed by atoms with Crippen molar-refractivity contribution in [2.45, 2.75) is 32.0 Å². The van der Waals surface area contributed by atoms with Crippen LogP contribution in [0, 0.1) is 6.92 Å². The smallest absolute Gasteiger partial charge is 0.416 e. The zero-order valence-corrected chi connectivity index (χ0v) is 21.8. The summed E-state index contributed by atoms with van der Waals surface area (Å²) in [7, 11) is 1.40. The van der Waals surface area contributed by atoms with Gasteiger partial charge in [0, 0.05) is 44.9 Å². The van der Waals surface area contributed by atoms with Crippen LogP contribution in [0.2, 0.25) is 0 Å². The van der Waals surface area contributed by atoms with Crippen molar-refractivity contribution in [2.75, 3.05) is 38.6 Å². The van der Waals surface area contributed by atoms with E-state index in [0.717, 1.165) is 43.6 Å². The average Bonchev–Trinajstić information content (AvgIpc) is 3.35. The number of nitrogens with one attached hydrogen (secondary N) is 1. The van der Waals surface area contributed by atoms with Gasteiger partial charge >= 0.3 is 12.3 Å². The summed E-state index contributed by atoms with van der Waals surface area (Å²) < 4.78 is 44.0. The van der Waals surface area contributed by atoms with Crippen LogP contribution in [-0.4, -0.2) is 61.1 Å². The summed E-state index contributed by atoms with van der Waals surface area (Å²) in [4.78, 5) is 29.3. The van der Waals surface area contributed by atoms with Crippen molar-refractivity contribution < 1.29 is 28.9 Å². The van der Waals surface area contributed by atoms with Crippen LogP contribution in [0.3, 0.4) is 0 Å². The largest absolute Gasteiger partial charge is 0.453 e. The number of hydrogen-bond donors (Lipinski definition) is 1. The summed E-state index contributed by atoms with van der Waals surface area (Å²) in [5.74, 6) is -0.318. The number of ether oxygens (including phenoxy) is 1. The van der Waals surface area contributed by atoms with Gasteiger partial charge in [-0.1, -0.05) is 30.3 Å². The lowest BCUT2D eigenvalue weighted by molar-refractivity contribution is -0.137. The standard InChI is InChI=1S/C30H30F3N3O3.H2/c1-19-4-3-5-26(27(19)20-6-9-23(10-7-20)30(31,32)33)28(37)34-24-11-8-21-17-25(18-22(21)16-24)35-12-14-36(15-13-35)29(38)39-2;/h3-11,16,25H,12-15,17-18H2,1-2H3,(H,34,37);1H/t25-;/m1./s1. The van der Waals surface area contributed by atoms with Crippen LogP contribution in [0.4, 0.5) is 23.7 Å². The Hall–Kier alpha value is -3.85. The Labute approximate surface area is 226 Å². The lowest BCUT2D eigenvalue weighted by atomic mass is 9.93. The fourth-order valence-electron chi connectivity index (χ4n) is 5.59. The number of halogens is 3. The van der Waals surface area contributed by atoms with Crippen LogP contribution < -0.4 is 5.32 Å². The molecule has 1 aliphatic carbocycles. The molecule has 1 atom stereocenters. The van der Waals surface area contributed by atoms with Gasteiger partial charge in [0.05, 0.1) is 12.7 Å². The van der Waals surface area contributed by atoms with E-state index in [2.05, 4.69) is 10.2 Å². The molecule has 2 aliphatic rings. The van der Waals surface area contributed by atoms with Crippen LogP contribution in [-0.2, 0) is 23.8 Å². The van der Waals surface area contributed by atoms with Crippen molar-refractivity contribution in [2.24, 2.45) is 0 Å². The molecule has 0 spiro atoms. The molecule has 2 amide bonds. The molecule has 1 heterocycles. The van der Waals surface area contributed by atoms with E-state index in [1.54, 1.807) is 17.0 Å². The highest BCUT2D eigenvalue weighted by Crippen LogP contribution is 2.34. The lowest BCUT2D eigenvalue weighted by Crippen LogP contribution is -2.52. The number of aryl methyl sites for hydroxylation is 1. The molecule has 3 aromatic rings. The highest BCUT2D eigenvalue weighted by molar-refractivity contribution is 6.09. The van der Waals surface area contributed by atoms with Crippen molar-refractivity contribution in [3.8, 4) is 11.1 Å². The topological polar surface area (TPSA) is 61.9 Å². The predicted octanol–water partition coefficient (Wildman–Crippen LogP) is 6.03. The number of rotatable bonds is 4. The molecule has 0 unspecified atom stereocenters. The van der Waals surface area contributed by atoms with Gasteiger partial charge in [-0.3, -0.25) is 9.69 Å². The van der Waals surface area contributed by atoms with E-state index in [1.807, 2.05) is 31.2 Å². The molecule has 6 nitrogen and oxygen atoms in total. The van der Waals surface area contributed by atoms with Gasteiger partial charge in [0.1, 0.15) is 0 Å². The van der Waals surface area contributed by atoms with E-state index >= 15 is 0 Å². The van der Waals surface area contributed by atoms with E-state index in [-0.39, 0.29) is 13.4 Å². The van der Waals surface area contributed by atoms with Crippen molar-refractivity contribution in [1.82, 2.24) is 9.80 Å². The highest BCUT2D eigenvalue weighted by Gasteiger charge is 2.32. The summed E-state index contributed by atoms with van der Waals surface area (Å²) in [5.41, 5.74) is 4.73. The first-order valence-electron chi connectivity index (χ1n) is 12.9. The van der Waals surface area contributed by atoms with Gasteiger partial charge in [0.2, 0.25) is 0 Å². The maximum atomic E-state index is 13.4. The third-order valence-electron chi connectivity index (χ3n) is 7.66. The van der Waals surface area contributed by atoms with Gasteiger partial charge in [-0.05, 0) is 77.9 Å². The molecule has 1 aliphatic heterocycles. The molecule has 39 heavy (non-hydrogen) atoms. The number of methoxy groups -OCH3 is 1. The monoisotopic (exact) mass is 539 g/mol. The van der Waals surface area contributed by atoms with Gasteiger partial charge in [0.25, 0.3) is 5.91 Å². The molecule has 3 aromatic carbocycles. The van der Waals surface area contributed by atoms with Crippen LogP contribution >= 0.6 is 0 Å². The molecule has 0 bridgehead atoms. The third kappa shape index (κ3) is 5.63. The van der Waals surface area contributed by atoms with E-state index in [9.17, 15) is 22.8 Å². The number of fused-ring (bicyclic) bond motifs is 1. The van der Waals surface area contributed by atoms with Crippen LogP contribution in [0.5, 0.6) is 0 Å². The molecule has 206 valence electrons. The number of nitrogens with zero attached hydrogens (tertiary/aromatic N) is 2. The Bertz CT molecular complexity index is 1390. The number of piperazine rings is 1. The summed E-state index contributed by atoms with van der Waals surface area (Å²) in [6.07, 6.45) is -2.94. The Balaban J connectivity index is 0.00000370. The van der Waals surface area contributed by atoms with Gasteiger partial charge < -0.3 is 15.0 Å². The number of benzene rings is 3. The first kappa shape index (κ1) is 26.7. The second-order valence-corrected chi connectivity index (χ2v) is 10.1. The van der Waals surface area contributed by atoms with E-state index in [1.165, 1.54) is 30.4 Å². The molecule has 1 fully saturated rings. The zero-order chi connectivity index (χ0) is 27.7. The highest BCUT2D eigenvalue weighted by atomic mass is 19.4. The summed E-state index contributed by atoms with van der Waals surface area (Å²) >= 11 is 0. The third-order valence-corrected chi connectivity index (χ3v) is 7.66. The summed E-state index contributed by atoms with van der Waals surface area (Å²) in [5, 5.41) is 2.99. The van der Waals surface area contributed by atoms with Gasteiger partial charge in [-0.15, -0.1) is 0 Å². The van der Waals surface area contributed by atoms with Crippen molar-refractivity contribution >= 4 is 17.7 Å². The number of amides is 2. The maximum Gasteiger partial charge on any atom is 0.416 e. The van der Waals surface area contributed by atoms with Crippen LogP contribution in [0.25, 0.3) is 11.1 Å². The molecule has 0 aromatic heterocycles. The lowest BCUT2D eigenvalue weighted by Gasteiger charge is -2.37. The second-order valence-electron chi connectivity index (χ2n) is 10.1. The number of alkyl halides is 3. The predicted molar refractivity (Wildman–Crippen MR) is 145 cm³/mol. The molecule has 0 radical (unpaired) electrons. The van der Waals surface area contributed by atoms with E-state index in [0.29, 0.717) is 41.5 Å². The second kappa shape index (κ2) is 10.7. The average molecular weight is 540 g/mol. The number of carbonyl (C=O) groups is 2. The molecule has 9 heteroatoms. The van der Waals surface area contributed by atoms with Gasteiger partial charge in [-0.2, -0.15) is 13.2 Å². The molecule has 1 N–H and O–H groups in total. The van der Waals surface area contributed by atoms with Crippen LogP contribution in [0.15, 0.2) is 60.7 Å². The van der Waals surface area contributed by atoms with Gasteiger partial charge in [-0.25, -0.2) is 4.79 Å². The quantitative estimate of drug-likeness (QED) is 0.440. The number of hydrogen-bond acceptors (Lipinski definition) is 4. The minimum absolute atomic E-state index is 0. The van der Waals surface area contributed by atoms with Crippen LogP contribution in [0.1, 0.15) is 34.0 Å². The first-order valence-corrected chi connectivity index (χ1v) is 12.9. The molecule has 0 saturated carbocycles. The normalized spacial score (nSPS) is 17.6. The zero-order valence-electron chi connectivity index (χ0n) is 21.8. The molecular formula is C30H32F3N3O3. The van der Waals surface area contributed by atoms with E-state index in [4.69, 9.17) is 4.74 Å². The molecule has 5 rings (SSSR count). The number of carbonyl (C=O) groups excluding carboxylic acids is 2. The first-order chi connectivity index (χ1) is 18.6.